The van der Waals surface area contributed by atoms with Gasteiger partial charge in [-0.15, -0.1) is 0 Å². The molecule has 0 saturated heterocycles. The van der Waals surface area contributed by atoms with Crippen molar-refractivity contribution in [1.82, 2.24) is 5.32 Å². The van der Waals surface area contributed by atoms with Gasteiger partial charge in [-0.25, -0.2) is 0 Å². The standard InChI is InChI=1S/C16H24ClN/c1-5-7-18-16(10-12(3)6-2)14-8-13(4)9-15(17)11-14/h8-9,11,16,18H,3,5-7,10H2,1-2,4H3. The molecule has 100 valence electrons. The molecule has 0 aliphatic heterocycles. The maximum atomic E-state index is 6.15. The minimum Gasteiger partial charge on any atom is -0.310 e. The third kappa shape index (κ3) is 4.83. The van der Waals surface area contributed by atoms with E-state index in [1.807, 2.05) is 6.07 Å². The summed E-state index contributed by atoms with van der Waals surface area (Å²) < 4.78 is 0. The van der Waals surface area contributed by atoms with E-state index in [2.05, 4.69) is 44.8 Å². The Balaban J connectivity index is 2.89. The lowest BCUT2D eigenvalue weighted by molar-refractivity contribution is 0.523. The van der Waals surface area contributed by atoms with Crippen molar-refractivity contribution in [2.24, 2.45) is 0 Å². The van der Waals surface area contributed by atoms with Gasteiger partial charge in [-0.3, -0.25) is 0 Å². The molecule has 1 rings (SSSR count). The van der Waals surface area contributed by atoms with Gasteiger partial charge in [0.1, 0.15) is 0 Å². The molecule has 0 aromatic heterocycles. The number of nitrogens with one attached hydrogen (secondary N) is 1. The Kier molecular flexibility index (Phi) is 6.45. The third-order valence-corrected chi connectivity index (χ3v) is 3.32. The molecule has 0 amide bonds. The Labute approximate surface area is 116 Å². The molecule has 0 spiro atoms. The lowest BCUT2D eigenvalue weighted by Gasteiger charge is -2.20. The molecule has 1 aromatic carbocycles. The summed E-state index contributed by atoms with van der Waals surface area (Å²) in [7, 11) is 0. The van der Waals surface area contributed by atoms with Crippen molar-refractivity contribution in [1.29, 1.82) is 0 Å². The monoisotopic (exact) mass is 265 g/mol. The van der Waals surface area contributed by atoms with Gasteiger partial charge in [-0.05, 0) is 56.0 Å². The molecule has 1 N–H and O–H groups in total. The van der Waals surface area contributed by atoms with Crippen molar-refractivity contribution in [2.45, 2.75) is 46.1 Å². The van der Waals surface area contributed by atoms with Crippen LogP contribution < -0.4 is 5.32 Å². The molecule has 0 aliphatic carbocycles. The van der Waals surface area contributed by atoms with Crippen LogP contribution in [0.1, 0.15) is 50.3 Å². The van der Waals surface area contributed by atoms with Gasteiger partial charge in [0.15, 0.2) is 0 Å². The van der Waals surface area contributed by atoms with Crippen molar-refractivity contribution in [3.05, 3.63) is 46.5 Å². The van der Waals surface area contributed by atoms with E-state index in [9.17, 15) is 0 Å². The largest absolute Gasteiger partial charge is 0.310 e. The average Bonchev–Trinajstić information content (AvgIpc) is 2.32. The fourth-order valence-electron chi connectivity index (χ4n) is 2.03. The molecule has 1 aromatic rings. The van der Waals surface area contributed by atoms with E-state index in [4.69, 9.17) is 11.6 Å². The van der Waals surface area contributed by atoms with E-state index < -0.39 is 0 Å². The lowest BCUT2D eigenvalue weighted by atomic mass is 9.97. The molecule has 0 radical (unpaired) electrons. The Bertz CT molecular complexity index is 378. The molecule has 0 saturated carbocycles. The van der Waals surface area contributed by atoms with Crippen molar-refractivity contribution in [3.8, 4) is 0 Å². The fraction of sp³-hybridized carbons (Fsp3) is 0.500. The van der Waals surface area contributed by atoms with Crippen LogP contribution in [0, 0.1) is 6.92 Å². The summed E-state index contributed by atoms with van der Waals surface area (Å²) in [6, 6.07) is 6.60. The van der Waals surface area contributed by atoms with Gasteiger partial charge in [-0.1, -0.05) is 43.7 Å². The van der Waals surface area contributed by atoms with E-state index in [0.717, 1.165) is 30.8 Å². The van der Waals surface area contributed by atoms with E-state index >= 15 is 0 Å². The van der Waals surface area contributed by atoms with E-state index in [1.54, 1.807) is 0 Å². The summed E-state index contributed by atoms with van der Waals surface area (Å²) >= 11 is 6.15. The van der Waals surface area contributed by atoms with E-state index in [-0.39, 0.29) is 0 Å². The Morgan fingerprint density at radius 3 is 2.61 bits per heavy atom. The summed E-state index contributed by atoms with van der Waals surface area (Å²) in [6.07, 6.45) is 3.15. The normalized spacial score (nSPS) is 12.4. The van der Waals surface area contributed by atoms with Gasteiger partial charge in [0.05, 0.1) is 0 Å². The number of rotatable bonds is 7. The van der Waals surface area contributed by atoms with Gasteiger partial charge in [0.25, 0.3) is 0 Å². The number of aryl methyl sites for hydroxylation is 1. The molecule has 1 atom stereocenters. The molecule has 18 heavy (non-hydrogen) atoms. The molecule has 0 aliphatic rings. The summed E-state index contributed by atoms with van der Waals surface area (Å²) in [6.45, 7) is 11.6. The van der Waals surface area contributed by atoms with Crippen LogP contribution in [-0.4, -0.2) is 6.54 Å². The first-order valence-corrected chi connectivity index (χ1v) is 7.11. The van der Waals surface area contributed by atoms with Crippen LogP contribution in [0.3, 0.4) is 0 Å². The quantitative estimate of drug-likeness (QED) is 0.681. The minimum atomic E-state index is 0.329. The molecular formula is C16H24ClN. The Morgan fingerprint density at radius 2 is 2.06 bits per heavy atom. The lowest BCUT2D eigenvalue weighted by Crippen LogP contribution is -2.22. The van der Waals surface area contributed by atoms with Crippen molar-refractivity contribution >= 4 is 11.6 Å². The molecule has 0 heterocycles. The molecule has 2 heteroatoms. The van der Waals surface area contributed by atoms with Gasteiger partial charge in [-0.2, -0.15) is 0 Å². The van der Waals surface area contributed by atoms with Crippen LogP contribution in [0.15, 0.2) is 30.4 Å². The molecule has 1 unspecified atom stereocenters. The predicted molar refractivity (Wildman–Crippen MR) is 81.3 cm³/mol. The van der Waals surface area contributed by atoms with Crippen LogP contribution in [0.2, 0.25) is 5.02 Å². The van der Waals surface area contributed by atoms with Gasteiger partial charge in [0, 0.05) is 11.1 Å². The summed E-state index contributed by atoms with van der Waals surface area (Å²) in [5.41, 5.74) is 3.76. The number of benzene rings is 1. The Morgan fingerprint density at radius 1 is 1.33 bits per heavy atom. The highest BCUT2D eigenvalue weighted by Gasteiger charge is 2.12. The highest BCUT2D eigenvalue weighted by molar-refractivity contribution is 6.30. The van der Waals surface area contributed by atoms with Crippen LogP contribution >= 0.6 is 11.6 Å². The maximum absolute atomic E-state index is 6.15. The predicted octanol–water partition coefficient (Wildman–Crippen LogP) is 5.05. The number of halogens is 1. The first-order chi connectivity index (χ1) is 8.56. The molecule has 0 bridgehead atoms. The number of hydrogen-bond acceptors (Lipinski definition) is 1. The topological polar surface area (TPSA) is 12.0 Å². The van der Waals surface area contributed by atoms with Gasteiger partial charge >= 0.3 is 0 Å². The minimum absolute atomic E-state index is 0.329. The second-order valence-corrected chi connectivity index (χ2v) is 5.31. The first-order valence-electron chi connectivity index (χ1n) is 6.74. The summed E-state index contributed by atoms with van der Waals surface area (Å²) in [4.78, 5) is 0. The highest BCUT2D eigenvalue weighted by Crippen LogP contribution is 2.25. The van der Waals surface area contributed by atoms with Crippen LogP contribution in [-0.2, 0) is 0 Å². The van der Waals surface area contributed by atoms with Gasteiger partial charge in [0.2, 0.25) is 0 Å². The van der Waals surface area contributed by atoms with E-state index in [0.29, 0.717) is 6.04 Å². The van der Waals surface area contributed by atoms with Crippen molar-refractivity contribution < 1.29 is 0 Å². The third-order valence-electron chi connectivity index (χ3n) is 3.10. The summed E-state index contributed by atoms with van der Waals surface area (Å²) in [5.74, 6) is 0. The zero-order chi connectivity index (χ0) is 13.5. The highest BCUT2D eigenvalue weighted by atomic mass is 35.5. The van der Waals surface area contributed by atoms with Crippen LogP contribution in [0.5, 0.6) is 0 Å². The fourth-order valence-corrected chi connectivity index (χ4v) is 2.32. The van der Waals surface area contributed by atoms with Crippen molar-refractivity contribution in [3.63, 3.8) is 0 Å². The zero-order valence-electron chi connectivity index (χ0n) is 11.7. The smallest absolute Gasteiger partial charge is 0.0411 e. The zero-order valence-corrected chi connectivity index (χ0v) is 12.5. The SMILES string of the molecule is C=C(CC)CC(NCCC)c1cc(C)cc(Cl)c1. The van der Waals surface area contributed by atoms with Crippen LogP contribution in [0.4, 0.5) is 0 Å². The van der Waals surface area contributed by atoms with E-state index in [1.165, 1.54) is 16.7 Å². The van der Waals surface area contributed by atoms with Crippen molar-refractivity contribution in [2.75, 3.05) is 6.54 Å². The first kappa shape index (κ1) is 15.3. The number of hydrogen-bond donors (Lipinski definition) is 1. The molecule has 0 fully saturated rings. The molecular weight excluding hydrogens is 242 g/mol. The maximum Gasteiger partial charge on any atom is 0.0411 e. The average molecular weight is 266 g/mol. The van der Waals surface area contributed by atoms with Crippen LogP contribution in [0.25, 0.3) is 0 Å². The second kappa shape index (κ2) is 7.60. The van der Waals surface area contributed by atoms with Gasteiger partial charge < -0.3 is 5.32 Å². The second-order valence-electron chi connectivity index (χ2n) is 4.88. The Hall–Kier alpha value is -0.790. The molecule has 1 nitrogen and oxygen atoms in total. The summed E-state index contributed by atoms with van der Waals surface area (Å²) in [5, 5.41) is 4.40.